The fraction of sp³-hybridized carbons (Fsp3) is 0.120. The van der Waals surface area contributed by atoms with Crippen LogP contribution in [0.15, 0.2) is 75.0 Å². The first-order valence-electron chi connectivity index (χ1n) is 10.3. The Kier molecular flexibility index (Phi) is 7.99. The van der Waals surface area contributed by atoms with Gasteiger partial charge in [-0.1, -0.05) is 45.2 Å². The van der Waals surface area contributed by atoms with Crippen molar-refractivity contribution in [1.29, 1.82) is 0 Å². The van der Waals surface area contributed by atoms with E-state index in [0.717, 1.165) is 15.6 Å². The lowest BCUT2D eigenvalue weighted by molar-refractivity contribution is -0.122. The predicted octanol–water partition coefficient (Wildman–Crippen LogP) is 8.10. The van der Waals surface area contributed by atoms with Gasteiger partial charge < -0.3 is 4.74 Å². The monoisotopic (exact) mass is 578 g/mol. The lowest BCUT2D eigenvalue weighted by Gasteiger charge is -2.12. The minimum atomic E-state index is -0.339. The first-order chi connectivity index (χ1) is 16.3. The van der Waals surface area contributed by atoms with E-state index < -0.39 is 0 Å². The summed E-state index contributed by atoms with van der Waals surface area (Å²) in [6, 6.07) is 16.6. The van der Waals surface area contributed by atoms with Crippen molar-refractivity contribution in [1.82, 2.24) is 4.90 Å². The Labute approximate surface area is 219 Å². The molecule has 0 aromatic heterocycles. The summed E-state index contributed by atoms with van der Waals surface area (Å²) in [7, 11) is 0. The second kappa shape index (κ2) is 11.0. The number of benzene rings is 3. The van der Waals surface area contributed by atoms with E-state index in [0.29, 0.717) is 38.1 Å². The Morgan fingerprint density at radius 1 is 1.12 bits per heavy atom. The van der Waals surface area contributed by atoms with Gasteiger partial charge in [-0.3, -0.25) is 9.69 Å². The number of aliphatic imine (C=N–C) groups is 1. The highest BCUT2D eigenvalue weighted by atomic mass is 79.9. The van der Waals surface area contributed by atoms with Crippen LogP contribution in [0.5, 0.6) is 5.75 Å². The number of hydrogen-bond donors (Lipinski definition) is 0. The molecule has 1 fully saturated rings. The number of amides is 1. The summed E-state index contributed by atoms with van der Waals surface area (Å²) in [4.78, 5) is 19.7. The van der Waals surface area contributed by atoms with Crippen molar-refractivity contribution in [2.75, 3.05) is 6.54 Å². The van der Waals surface area contributed by atoms with Crippen LogP contribution in [0.3, 0.4) is 0 Å². The smallest absolute Gasteiger partial charge is 0.266 e. The minimum Gasteiger partial charge on any atom is -0.488 e. The number of halogens is 4. The average Bonchev–Trinajstić information content (AvgIpc) is 3.09. The van der Waals surface area contributed by atoms with E-state index in [2.05, 4.69) is 20.9 Å². The maximum atomic E-state index is 13.2. The van der Waals surface area contributed by atoms with E-state index in [1.54, 1.807) is 35.2 Å². The van der Waals surface area contributed by atoms with Gasteiger partial charge in [-0.25, -0.2) is 9.38 Å². The van der Waals surface area contributed by atoms with Gasteiger partial charge in [0, 0.05) is 32.2 Å². The van der Waals surface area contributed by atoms with Gasteiger partial charge in [-0.2, -0.15) is 0 Å². The summed E-state index contributed by atoms with van der Waals surface area (Å²) in [5.41, 5.74) is 2.10. The van der Waals surface area contributed by atoms with Gasteiger partial charge >= 0.3 is 0 Å². The van der Waals surface area contributed by atoms with E-state index >= 15 is 0 Å². The van der Waals surface area contributed by atoms with Crippen LogP contribution in [0, 0.1) is 5.82 Å². The molecule has 4 rings (SSSR count). The molecule has 1 amide bonds. The Bertz CT molecular complexity index is 1300. The number of ether oxygens (including phenoxy) is 1. The second-order valence-electron chi connectivity index (χ2n) is 7.24. The van der Waals surface area contributed by atoms with Crippen LogP contribution < -0.4 is 4.74 Å². The highest BCUT2D eigenvalue weighted by Gasteiger charge is 2.32. The lowest BCUT2D eigenvalue weighted by atomic mass is 10.1. The molecule has 0 N–H and O–H groups in total. The average molecular weight is 580 g/mol. The molecule has 1 heterocycles. The predicted molar refractivity (Wildman–Crippen MR) is 141 cm³/mol. The number of nitrogens with zero attached hydrogens (tertiary/aromatic N) is 2. The summed E-state index contributed by atoms with van der Waals surface area (Å²) < 4.78 is 20.1. The molecule has 0 bridgehead atoms. The zero-order chi connectivity index (χ0) is 24.2. The van der Waals surface area contributed by atoms with Crippen LogP contribution in [-0.4, -0.2) is 22.5 Å². The van der Waals surface area contributed by atoms with E-state index in [-0.39, 0.29) is 18.3 Å². The van der Waals surface area contributed by atoms with E-state index in [1.165, 1.54) is 23.9 Å². The molecule has 3 aromatic carbocycles. The van der Waals surface area contributed by atoms with Crippen LogP contribution in [0.1, 0.15) is 18.1 Å². The minimum absolute atomic E-state index is 0.153. The number of hydrogen-bond acceptors (Lipinski definition) is 4. The molecule has 9 heteroatoms. The van der Waals surface area contributed by atoms with Gasteiger partial charge in [0.05, 0.1) is 10.6 Å². The van der Waals surface area contributed by atoms with Crippen molar-refractivity contribution >= 4 is 73.7 Å². The fourth-order valence-corrected chi connectivity index (χ4v) is 5.09. The molecule has 0 spiro atoms. The molecular formula is C25H18BrCl2FN2O2S. The number of thioether (sulfide) groups is 1. The molecule has 1 saturated heterocycles. The topological polar surface area (TPSA) is 41.9 Å². The lowest BCUT2D eigenvalue weighted by Crippen LogP contribution is -2.28. The van der Waals surface area contributed by atoms with Gasteiger partial charge in [0.15, 0.2) is 5.17 Å². The molecule has 0 saturated carbocycles. The van der Waals surface area contributed by atoms with Crippen molar-refractivity contribution in [3.63, 3.8) is 0 Å². The molecule has 174 valence electrons. The molecule has 0 radical (unpaired) electrons. The quantitative estimate of drug-likeness (QED) is 0.277. The van der Waals surface area contributed by atoms with Crippen LogP contribution >= 0.6 is 50.9 Å². The van der Waals surface area contributed by atoms with Crippen LogP contribution in [0.2, 0.25) is 10.0 Å². The third-order valence-corrected chi connectivity index (χ3v) is 7.00. The van der Waals surface area contributed by atoms with E-state index in [9.17, 15) is 9.18 Å². The van der Waals surface area contributed by atoms with Gasteiger partial charge in [0.2, 0.25) is 0 Å². The van der Waals surface area contributed by atoms with Crippen LogP contribution in [0.25, 0.3) is 6.08 Å². The van der Waals surface area contributed by atoms with Crippen LogP contribution in [-0.2, 0) is 11.4 Å². The number of carbonyl (C=O) groups is 1. The molecule has 1 aliphatic rings. The Balaban J connectivity index is 1.62. The van der Waals surface area contributed by atoms with Gasteiger partial charge in [-0.15, -0.1) is 0 Å². The van der Waals surface area contributed by atoms with Crippen molar-refractivity contribution in [3.05, 3.63) is 97.0 Å². The third kappa shape index (κ3) is 5.84. The summed E-state index contributed by atoms with van der Waals surface area (Å²) >= 11 is 17.0. The number of rotatable bonds is 6. The number of likely N-dealkylation sites (N-methyl/N-ethyl adjacent to an activating group) is 1. The maximum Gasteiger partial charge on any atom is 0.266 e. The molecule has 0 unspecified atom stereocenters. The Morgan fingerprint density at radius 2 is 1.88 bits per heavy atom. The zero-order valence-electron chi connectivity index (χ0n) is 17.9. The zero-order valence-corrected chi connectivity index (χ0v) is 21.8. The normalized spacial score (nSPS) is 16.0. The highest BCUT2D eigenvalue weighted by Crippen LogP contribution is 2.36. The fourth-order valence-electron chi connectivity index (χ4n) is 3.20. The van der Waals surface area contributed by atoms with Gasteiger partial charge in [0.1, 0.15) is 18.2 Å². The maximum absolute atomic E-state index is 13.2. The summed E-state index contributed by atoms with van der Waals surface area (Å²) in [6.45, 7) is 2.58. The van der Waals surface area contributed by atoms with Gasteiger partial charge in [-0.05, 0) is 79.4 Å². The molecule has 1 aliphatic heterocycles. The molecule has 0 aliphatic carbocycles. The van der Waals surface area contributed by atoms with E-state index in [4.69, 9.17) is 27.9 Å². The number of amidine groups is 1. The summed E-state index contributed by atoms with van der Waals surface area (Å²) in [6.07, 6.45) is 1.78. The van der Waals surface area contributed by atoms with Gasteiger partial charge in [0.25, 0.3) is 5.91 Å². The van der Waals surface area contributed by atoms with E-state index in [1.807, 2.05) is 31.2 Å². The Morgan fingerprint density at radius 3 is 2.59 bits per heavy atom. The van der Waals surface area contributed by atoms with Crippen molar-refractivity contribution in [2.45, 2.75) is 13.5 Å². The summed E-state index contributed by atoms with van der Waals surface area (Å²) in [5.74, 6) is 0.108. The SMILES string of the molecule is CCN1C(=O)/C(=C\c2cc(Br)ccc2OCc2ccc(Cl)cc2Cl)SC1=Nc1ccc(F)cc1. The first-order valence-corrected chi connectivity index (χ1v) is 12.6. The third-order valence-electron chi connectivity index (χ3n) is 4.91. The van der Waals surface area contributed by atoms with Crippen molar-refractivity contribution < 1.29 is 13.9 Å². The standard InChI is InChI=1S/C25H18BrCl2FN2O2S/c1-2-31-24(32)23(34-25(31)30-20-8-6-19(29)7-9-20)12-16-11-17(26)4-10-22(16)33-14-15-3-5-18(27)13-21(15)28/h3-13H,2,14H2,1H3/b23-12+,30-25?. The molecule has 0 atom stereocenters. The highest BCUT2D eigenvalue weighted by molar-refractivity contribution is 9.10. The van der Waals surface area contributed by atoms with Crippen LogP contribution in [0.4, 0.5) is 10.1 Å². The molecule has 3 aromatic rings. The Hall–Kier alpha value is -2.32. The number of carbonyl (C=O) groups excluding carboxylic acids is 1. The molecule has 4 nitrogen and oxygen atoms in total. The first kappa shape index (κ1) is 24.8. The van der Waals surface area contributed by atoms with Crippen molar-refractivity contribution in [3.8, 4) is 5.75 Å². The largest absolute Gasteiger partial charge is 0.488 e. The van der Waals surface area contributed by atoms with Crippen molar-refractivity contribution in [2.24, 2.45) is 4.99 Å². The second-order valence-corrected chi connectivity index (χ2v) is 10.0. The molecule has 34 heavy (non-hydrogen) atoms. The molecular weight excluding hydrogens is 562 g/mol. The summed E-state index contributed by atoms with van der Waals surface area (Å²) in [5, 5.41) is 1.61.